The Balaban J connectivity index is 1.86. The molecular formula is C14H17BN2O4. The average molecular weight is 288 g/mol. The van der Waals surface area contributed by atoms with Crippen molar-refractivity contribution in [3.63, 3.8) is 0 Å². The lowest BCUT2D eigenvalue weighted by atomic mass is 10.3. The Labute approximate surface area is 124 Å². The topological polar surface area (TPSA) is 62.7 Å². The van der Waals surface area contributed by atoms with Crippen LogP contribution in [0.3, 0.4) is 0 Å². The summed E-state index contributed by atoms with van der Waals surface area (Å²) in [5.41, 5.74) is 0. The smallest absolute Gasteiger partial charge is 0.527 e. The predicted molar refractivity (Wildman–Crippen MR) is 79.2 cm³/mol. The Bertz CT molecular complexity index is 519. The van der Waals surface area contributed by atoms with Crippen LogP contribution in [0.2, 0.25) is 0 Å². The zero-order valence-electron chi connectivity index (χ0n) is 12.1. The molecule has 0 spiro atoms. The number of nitrogens with zero attached hydrogens (tertiary/aromatic N) is 2. The number of hydrogen-bond acceptors (Lipinski definition) is 6. The van der Waals surface area contributed by atoms with E-state index in [0.29, 0.717) is 36.2 Å². The first-order chi connectivity index (χ1) is 10.3. The molecule has 0 aromatic carbocycles. The third kappa shape index (κ3) is 4.87. The molecule has 0 aliphatic rings. The van der Waals surface area contributed by atoms with Crippen LogP contribution in [0.5, 0.6) is 23.0 Å². The highest BCUT2D eigenvalue weighted by atomic mass is 16.6. The molecular weight excluding hydrogens is 271 g/mol. The highest BCUT2D eigenvalue weighted by Gasteiger charge is 2.03. The van der Waals surface area contributed by atoms with Gasteiger partial charge in [-0.1, -0.05) is 0 Å². The van der Waals surface area contributed by atoms with E-state index in [1.54, 1.807) is 36.9 Å². The summed E-state index contributed by atoms with van der Waals surface area (Å²) in [5, 5.41) is 0. The maximum Gasteiger partial charge on any atom is 0.576 e. The van der Waals surface area contributed by atoms with E-state index >= 15 is 0 Å². The Morgan fingerprint density at radius 3 is 1.62 bits per heavy atom. The van der Waals surface area contributed by atoms with Crippen LogP contribution in [0.1, 0.15) is 13.8 Å². The molecule has 0 amide bonds. The van der Waals surface area contributed by atoms with Gasteiger partial charge in [-0.25, -0.2) is 0 Å². The number of hydrogen-bond donors (Lipinski definition) is 0. The third-order valence-electron chi connectivity index (χ3n) is 2.45. The molecule has 0 bridgehead atoms. The monoisotopic (exact) mass is 288 g/mol. The Morgan fingerprint density at radius 1 is 0.762 bits per heavy atom. The molecule has 2 heterocycles. The maximum atomic E-state index is 5.46. The van der Waals surface area contributed by atoms with Crippen LogP contribution < -0.4 is 18.8 Å². The molecule has 0 unspecified atom stereocenters. The second-order valence-electron chi connectivity index (χ2n) is 3.99. The Morgan fingerprint density at radius 2 is 1.19 bits per heavy atom. The molecule has 0 saturated heterocycles. The zero-order valence-corrected chi connectivity index (χ0v) is 12.1. The van der Waals surface area contributed by atoms with Crippen LogP contribution in [0, 0.1) is 0 Å². The van der Waals surface area contributed by atoms with Gasteiger partial charge in [0.25, 0.3) is 0 Å². The van der Waals surface area contributed by atoms with Crippen molar-refractivity contribution in [1.29, 1.82) is 0 Å². The van der Waals surface area contributed by atoms with Crippen molar-refractivity contribution >= 4 is 7.69 Å². The van der Waals surface area contributed by atoms with E-state index < -0.39 is 0 Å². The van der Waals surface area contributed by atoms with Gasteiger partial charge in [0.2, 0.25) is 0 Å². The minimum atomic E-state index is 0.0501. The minimum absolute atomic E-state index is 0.0501. The molecule has 0 atom stereocenters. The molecule has 0 aliphatic heterocycles. The molecule has 2 aromatic heterocycles. The van der Waals surface area contributed by atoms with Gasteiger partial charge in [-0.15, -0.1) is 0 Å². The van der Waals surface area contributed by atoms with E-state index in [1.165, 1.54) is 0 Å². The maximum absolute atomic E-state index is 5.46. The van der Waals surface area contributed by atoms with Crippen LogP contribution in [0.4, 0.5) is 0 Å². The van der Waals surface area contributed by atoms with Crippen LogP contribution in [-0.2, 0) is 0 Å². The van der Waals surface area contributed by atoms with Gasteiger partial charge in [-0.05, 0) is 13.8 Å². The zero-order chi connectivity index (χ0) is 14.9. The van der Waals surface area contributed by atoms with Crippen LogP contribution in [0.25, 0.3) is 0 Å². The van der Waals surface area contributed by atoms with Crippen LogP contribution >= 0.6 is 0 Å². The van der Waals surface area contributed by atoms with E-state index in [2.05, 4.69) is 9.97 Å². The first kappa shape index (κ1) is 15.0. The van der Waals surface area contributed by atoms with Crippen molar-refractivity contribution in [1.82, 2.24) is 9.97 Å². The first-order valence-corrected chi connectivity index (χ1v) is 6.73. The minimum Gasteiger partial charge on any atom is -0.527 e. The summed E-state index contributed by atoms with van der Waals surface area (Å²) in [4.78, 5) is 8.06. The lowest BCUT2D eigenvalue weighted by Gasteiger charge is -2.09. The molecule has 0 fully saturated rings. The van der Waals surface area contributed by atoms with E-state index in [-0.39, 0.29) is 7.69 Å². The van der Waals surface area contributed by atoms with E-state index in [9.17, 15) is 0 Å². The molecule has 21 heavy (non-hydrogen) atoms. The van der Waals surface area contributed by atoms with Crippen LogP contribution in [0.15, 0.2) is 36.9 Å². The van der Waals surface area contributed by atoms with E-state index in [4.69, 9.17) is 18.8 Å². The number of rotatable bonds is 8. The number of ether oxygens (including phenoxy) is 2. The Hall–Kier alpha value is -2.44. The van der Waals surface area contributed by atoms with Crippen molar-refractivity contribution in [2.24, 2.45) is 0 Å². The molecule has 0 N–H and O–H groups in total. The van der Waals surface area contributed by atoms with Crippen molar-refractivity contribution in [3.8, 4) is 23.0 Å². The average Bonchev–Trinajstić information content (AvgIpc) is 2.49. The van der Waals surface area contributed by atoms with Gasteiger partial charge >= 0.3 is 7.69 Å². The fraction of sp³-hybridized carbons (Fsp3) is 0.286. The summed E-state index contributed by atoms with van der Waals surface area (Å²) in [6.45, 7) is 4.99. The molecule has 7 heteroatoms. The highest BCUT2D eigenvalue weighted by Crippen LogP contribution is 2.19. The molecule has 0 saturated carbocycles. The van der Waals surface area contributed by atoms with Gasteiger partial charge < -0.3 is 18.8 Å². The van der Waals surface area contributed by atoms with Crippen LogP contribution in [-0.4, -0.2) is 30.9 Å². The molecule has 0 aliphatic carbocycles. The fourth-order valence-corrected chi connectivity index (χ4v) is 1.61. The molecule has 2 aromatic rings. The summed E-state index contributed by atoms with van der Waals surface area (Å²) in [5.74, 6) is 2.48. The quantitative estimate of drug-likeness (QED) is 0.692. The first-order valence-electron chi connectivity index (χ1n) is 6.73. The van der Waals surface area contributed by atoms with E-state index in [1.807, 2.05) is 13.8 Å². The molecule has 0 radical (unpaired) electrons. The van der Waals surface area contributed by atoms with E-state index in [0.717, 1.165) is 0 Å². The summed E-state index contributed by atoms with van der Waals surface area (Å²) < 4.78 is 21.6. The van der Waals surface area contributed by atoms with Crippen molar-refractivity contribution in [2.45, 2.75) is 13.8 Å². The summed E-state index contributed by atoms with van der Waals surface area (Å²) in [6, 6.07) is 3.52. The molecule has 6 nitrogen and oxygen atoms in total. The van der Waals surface area contributed by atoms with Crippen molar-refractivity contribution in [3.05, 3.63) is 36.9 Å². The third-order valence-corrected chi connectivity index (χ3v) is 2.45. The second-order valence-corrected chi connectivity index (χ2v) is 3.99. The number of pyridine rings is 2. The van der Waals surface area contributed by atoms with Gasteiger partial charge in [0.1, 0.15) is 23.0 Å². The largest absolute Gasteiger partial charge is 0.576 e. The summed E-state index contributed by atoms with van der Waals surface area (Å²) in [6.07, 6.45) is 6.46. The molecule has 2 rings (SSSR count). The highest BCUT2D eigenvalue weighted by molar-refractivity contribution is 6.20. The van der Waals surface area contributed by atoms with Gasteiger partial charge in [-0.3, -0.25) is 9.97 Å². The van der Waals surface area contributed by atoms with Gasteiger partial charge in [0.05, 0.1) is 38.0 Å². The number of aromatic nitrogens is 2. The SMILES string of the molecule is CCOc1cncc(OBOc2cncc(OCC)c2)c1. The standard InChI is InChI=1S/C14H17BN2O4/c1-3-18-11-5-13(9-16-7-11)20-15-21-14-6-12(19-4-2)8-17-10-14/h5-10,15H,3-4H2,1-2H3. The van der Waals surface area contributed by atoms with Gasteiger partial charge in [0.15, 0.2) is 0 Å². The Kier molecular flexibility index (Phi) is 5.69. The molecule has 110 valence electrons. The lowest BCUT2D eigenvalue weighted by molar-refractivity contribution is 0.336. The van der Waals surface area contributed by atoms with Gasteiger partial charge in [-0.2, -0.15) is 0 Å². The van der Waals surface area contributed by atoms with Gasteiger partial charge in [0, 0.05) is 12.1 Å². The summed E-state index contributed by atoms with van der Waals surface area (Å²) >= 11 is 0. The fourth-order valence-electron chi connectivity index (χ4n) is 1.61. The predicted octanol–water partition coefficient (Wildman–Crippen LogP) is 2.00. The normalized spacial score (nSPS) is 9.81. The second kappa shape index (κ2) is 7.99. The summed E-state index contributed by atoms with van der Waals surface area (Å²) in [7, 11) is 0.0501. The van der Waals surface area contributed by atoms with Crippen molar-refractivity contribution in [2.75, 3.05) is 13.2 Å². The lowest BCUT2D eigenvalue weighted by Crippen LogP contribution is -2.11. The van der Waals surface area contributed by atoms with Crippen molar-refractivity contribution < 1.29 is 18.8 Å².